The fourth-order valence-corrected chi connectivity index (χ4v) is 1.82. The molecule has 0 heterocycles. The quantitative estimate of drug-likeness (QED) is 0.478. The van der Waals surface area contributed by atoms with E-state index in [9.17, 15) is 27.1 Å². The monoisotopic (exact) mass is 297 g/mol. The molecule has 0 saturated heterocycles. The van der Waals surface area contributed by atoms with E-state index in [4.69, 9.17) is 0 Å². The van der Waals surface area contributed by atoms with Gasteiger partial charge in [0.1, 0.15) is 5.69 Å². The molecule has 0 unspecified atom stereocenters. The van der Waals surface area contributed by atoms with Gasteiger partial charge < -0.3 is 10.4 Å². The number of hydrogen-bond donors (Lipinski definition) is 2. The summed E-state index contributed by atoms with van der Waals surface area (Å²) in [4.78, 5) is 0. The Hall–Kier alpha value is -1.37. The van der Waals surface area contributed by atoms with E-state index in [2.05, 4.69) is 5.32 Å². The summed E-state index contributed by atoms with van der Waals surface area (Å²) < 4.78 is 65.8. The zero-order chi connectivity index (χ0) is 15.5. The largest absolute Gasteiger partial charge is 0.396 e. The fourth-order valence-electron chi connectivity index (χ4n) is 1.82. The molecule has 2 nitrogen and oxygen atoms in total. The van der Waals surface area contributed by atoms with Gasteiger partial charge in [0.25, 0.3) is 0 Å². The van der Waals surface area contributed by atoms with Crippen molar-refractivity contribution in [2.45, 2.75) is 26.7 Å². The molecule has 0 aliphatic carbocycles. The lowest BCUT2D eigenvalue weighted by Crippen LogP contribution is -2.33. The molecule has 0 aliphatic rings. The van der Waals surface area contributed by atoms with Gasteiger partial charge in [0, 0.05) is 12.0 Å². The molecule has 2 N–H and O–H groups in total. The van der Waals surface area contributed by atoms with Crippen molar-refractivity contribution < 1.29 is 27.1 Å². The van der Waals surface area contributed by atoms with Crippen LogP contribution >= 0.6 is 0 Å². The lowest BCUT2D eigenvalue weighted by atomic mass is 9.83. The summed E-state index contributed by atoms with van der Waals surface area (Å²) in [5, 5.41) is 11.5. The summed E-state index contributed by atoms with van der Waals surface area (Å²) in [6, 6.07) is 0. The molecule has 0 amide bonds. The first-order valence-electron chi connectivity index (χ1n) is 6.19. The molecule has 0 atom stereocenters. The van der Waals surface area contributed by atoms with Crippen LogP contribution in [0.2, 0.25) is 0 Å². The van der Waals surface area contributed by atoms with E-state index in [0.717, 1.165) is 0 Å². The smallest absolute Gasteiger partial charge is 0.200 e. The van der Waals surface area contributed by atoms with E-state index in [1.54, 1.807) is 13.8 Å². The Balaban J connectivity index is 3.11. The average Bonchev–Trinajstić information content (AvgIpc) is 2.47. The van der Waals surface area contributed by atoms with E-state index in [1.807, 2.05) is 0 Å². The lowest BCUT2D eigenvalue weighted by molar-refractivity contribution is 0.127. The molecule has 1 rings (SSSR count). The SMILES string of the molecule is CCC(CC)(CO)CNc1c(F)c(F)c(F)c(F)c1F. The molecule has 0 spiro atoms. The summed E-state index contributed by atoms with van der Waals surface area (Å²) in [7, 11) is 0. The van der Waals surface area contributed by atoms with Gasteiger partial charge in [-0.15, -0.1) is 0 Å². The summed E-state index contributed by atoms with van der Waals surface area (Å²) in [5.74, 6) is -9.98. The van der Waals surface area contributed by atoms with E-state index in [1.165, 1.54) is 0 Å². The first-order chi connectivity index (χ1) is 9.33. The minimum absolute atomic E-state index is 0.102. The van der Waals surface area contributed by atoms with Crippen molar-refractivity contribution in [1.82, 2.24) is 0 Å². The van der Waals surface area contributed by atoms with Gasteiger partial charge in [0.05, 0.1) is 6.61 Å². The standard InChI is InChI=1S/C13H16F5NO/c1-3-13(4-2,6-20)5-19-12-10(17)8(15)7(14)9(16)11(12)18/h19-20H,3-6H2,1-2H3. The topological polar surface area (TPSA) is 32.3 Å². The van der Waals surface area contributed by atoms with E-state index in [0.29, 0.717) is 12.8 Å². The zero-order valence-corrected chi connectivity index (χ0v) is 11.2. The highest BCUT2D eigenvalue weighted by Gasteiger charge is 2.29. The van der Waals surface area contributed by atoms with Crippen LogP contribution in [0.5, 0.6) is 0 Å². The van der Waals surface area contributed by atoms with Crippen molar-refractivity contribution in [1.29, 1.82) is 0 Å². The maximum absolute atomic E-state index is 13.4. The van der Waals surface area contributed by atoms with Gasteiger partial charge >= 0.3 is 0 Å². The number of hydrogen-bond acceptors (Lipinski definition) is 2. The Morgan fingerprint density at radius 3 is 1.60 bits per heavy atom. The van der Waals surface area contributed by atoms with Crippen LogP contribution in [0.3, 0.4) is 0 Å². The fraction of sp³-hybridized carbons (Fsp3) is 0.538. The van der Waals surface area contributed by atoms with Crippen molar-refractivity contribution in [3.8, 4) is 0 Å². The molecule has 1 aromatic rings. The number of aliphatic hydroxyl groups is 1. The summed E-state index contributed by atoms with van der Waals surface area (Å²) >= 11 is 0. The predicted octanol–water partition coefficient (Wildman–Crippen LogP) is 3.59. The van der Waals surface area contributed by atoms with Crippen LogP contribution in [-0.4, -0.2) is 18.3 Å². The Morgan fingerprint density at radius 1 is 0.850 bits per heavy atom. The molecule has 114 valence electrons. The van der Waals surface area contributed by atoms with Crippen molar-refractivity contribution in [2.75, 3.05) is 18.5 Å². The van der Waals surface area contributed by atoms with Gasteiger partial charge in [-0.1, -0.05) is 13.8 Å². The van der Waals surface area contributed by atoms with Crippen LogP contribution in [0.1, 0.15) is 26.7 Å². The molecule has 0 aliphatic heterocycles. The average molecular weight is 297 g/mol. The highest BCUT2D eigenvalue weighted by Crippen LogP contribution is 2.30. The molecule has 0 saturated carbocycles. The Morgan fingerprint density at radius 2 is 1.25 bits per heavy atom. The highest BCUT2D eigenvalue weighted by atomic mass is 19.2. The zero-order valence-electron chi connectivity index (χ0n) is 11.2. The first kappa shape index (κ1) is 16.7. The summed E-state index contributed by atoms with van der Waals surface area (Å²) in [6.07, 6.45) is 0.977. The summed E-state index contributed by atoms with van der Waals surface area (Å²) in [6.45, 7) is 3.16. The van der Waals surface area contributed by atoms with Crippen molar-refractivity contribution >= 4 is 5.69 Å². The normalized spacial score (nSPS) is 11.8. The maximum atomic E-state index is 13.4. The van der Waals surface area contributed by atoms with E-state index >= 15 is 0 Å². The van der Waals surface area contributed by atoms with Crippen LogP contribution in [0.25, 0.3) is 0 Å². The molecule has 0 radical (unpaired) electrons. The second-order valence-corrected chi connectivity index (χ2v) is 4.66. The predicted molar refractivity (Wildman–Crippen MR) is 64.8 cm³/mol. The molecule has 0 aromatic heterocycles. The number of benzene rings is 1. The van der Waals surface area contributed by atoms with Crippen molar-refractivity contribution in [2.24, 2.45) is 5.41 Å². The van der Waals surface area contributed by atoms with Gasteiger partial charge in [-0.2, -0.15) is 0 Å². The van der Waals surface area contributed by atoms with E-state index in [-0.39, 0.29) is 13.2 Å². The van der Waals surface area contributed by atoms with Crippen LogP contribution < -0.4 is 5.32 Å². The Bertz CT molecular complexity index is 451. The highest BCUT2D eigenvalue weighted by molar-refractivity contribution is 5.47. The third kappa shape index (κ3) is 2.87. The Kier molecular flexibility index (Phi) is 5.33. The second kappa shape index (κ2) is 6.39. The number of rotatable bonds is 6. The van der Waals surface area contributed by atoms with Gasteiger partial charge in [0.2, 0.25) is 5.82 Å². The third-order valence-electron chi connectivity index (χ3n) is 3.69. The minimum Gasteiger partial charge on any atom is -0.396 e. The van der Waals surface area contributed by atoms with Gasteiger partial charge in [-0.05, 0) is 12.8 Å². The van der Waals surface area contributed by atoms with E-state index < -0.39 is 40.2 Å². The minimum atomic E-state index is -2.19. The van der Waals surface area contributed by atoms with Gasteiger partial charge in [0.15, 0.2) is 23.3 Å². The molecular weight excluding hydrogens is 281 g/mol. The second-order valence-electron chi connectivity index (χ2n) is 4.66. The molecular formula is C13H16F5NO. The van der Waals surface area contributed by atoms with Gasteiger partial charge in [-0.25, -0.2) is 22.0 Å². The molecule has 0 fully saturated rings. The lowest BCUT2D eigenvalue weighted by Gasteiger charge is -2.30. The van der Waals surface area contributed by atoms with Crippen molar-refractivity contribution in [3.63, 3.8) is 0 Å². The third-order valence-corrected chi connectivity index (χ3v) is 3.69. The molecule has 1 aromatic carbocycles. The number of halogens is 5. The van der Waals surface area contributed by atoms with Crippen LogP contribution in [0.4, 0.5) is 27.6 Å². The maximum Gasteiger partial charge on any atom is 0.200 e. The molecule has 20 heavy (non-hydrogen) atoms. The molecule has 7 heteroatoms. The van der Waals surface area contributed by atoms with Crippen LogP contribution in [-0.2, 0) is 0 Å². The summed E-state index contributed by atoms with van der Waals surface area (Å²) in [5.41, 5.74) is -1.75. The number of aliphatic hydroxyl groups excluding tert-OH is 1. The first-order valence-corrected chi connectivity index (χ1v) is 6.19. The van der Waals surface area contributed by atoms with Crippen molar-refractivity contribution in [3.05, 3.63) is 29.1 Å². The Labute approximate surface area is 113 Å². The van der Waals surface area contributed by atoms with Crippen LogP contribution in [0.15, 0.2) is 0 Å². The van der Waals surface area contributed by atoms with Crippen LogP contribution in [0, 0.1) is 34.5 Å². The molecule has 0 bridgehead atoms. The van der Waals surface area contributed by atoms with Gasteiger partial charge in [-0.3, -0.25) is 0 Å². The number of nitrogens with one attached hydrogen (secondary N) is 1. The number of anilines is 1.